The Balaban J connectivity index is 1.74. The van der Waals surface area contributed by atoms with Crippen molar-refractivity contribution in [2.75, 3.05) is 12.4 Å². The van der Waals surface area contributed by atoms with Crippen LogP contribution in [0.15, 0.2) is 40.3 Å². The maximum atomic E-state index is 13.2. The highest BCUT2D eigenvalue weighted by atomic mass is 32.2. The van der Waals surface area contributed by atoms with E-state index in [1.165, 1.54) is 11.1 Å². The summed E-state index contributed by atoms with van der Waals surface area (Å²) >= 11 is 1.69. The molecule has 0 amide bonds. The minimum atomic E-state index is -0.145. The zero-order valence-corrected chi connectivity index (χ0v) is 18.2. The zero-order chi connectivity index (χ0) is 20.4. The molecule has 0 atom stereocenters. The molecule has 1 aromatic rings. The van der Waals surface area contributed by atoms with Gasteiger partial charge in [0.25, 0.3) is 5.56 Å². The van der Waals surface area contributed by atoms with E-state index < -0.39 is 0 Å². The fourth-order valence-electron chi connectivity index (χ4n) is 3.69. The van der Waals surface area contributed by atoms with E-state index in [0.29, 0.717) is 18.0 Å². The van der Waals surface area contributed by atoms with Gasteiger partial charge in [-0.3, -0.25) is 4.79 Å². The molecule has 0 saturated heterocycles. The maximum absolute atomic E-state index is 13.2. The summed E-state index contributed by atoms with van der Waals surface area (Å²) in [6.07, 6.45) is 4.26. The molecule has 3 aliphatic rings. The van der Waals surface area contributed by atoms with E-state index in [0.717, 1.165) is 48.1 Å². The van der Waals surface area contributed by atoms with Gasteiger partial charge >= 0.3 is 0 Å². The number of hydrogen-bond donors (Lipinski definition) is 0. The minimum Gasteiger partial charge on any atom is -0.375 e. The predicted octanol–water partition coefficient (Wildman–Crippen LogP) is 4.17. The topological polar surface area (TPSA) is 61.9 Å². The van der Waals surface area contributed by atoms with Crippen LogP contribution in [-0.2, 0) is 17.7 Å². The maximum Gasteiger partial charge on any atom is 0.284 e. The average molecular weight is 413 g/mol. The molecule has 3 heterocycles. The van der Waals surface area contributed by atoms with Crippen molar-refractivity contribution >= 4 is 11.8 Å². The Bertz CT molecular complexity index is 1000. The molecule has 6 nitrogen and oxygen atoms in total. The number of ether oxygens (including phenoxy) is 1. The molecule has 29 heavy (non-hydrogen) atoms. The average Bonchev–Trinajstić information content (AvgIpc) is 2.86. The van der Waals surface area contributed by atoms with Crippen molar-refractivity contribution in [1.82, 2.24) is 19.3 Å². The van der Waals surface area contributed by atoms with Crippen molar-refractivity contribution in [3.8, 4) is 17.1 Å². The molecule has 0 unspecified atom stereocenters. The largest absolute Gasteiger partial charge is 0.375 e. The lowest BCUT2D eigenvalue weighted by Gasteiger charge is -2.20. The molecule has 0 aromatic heterocycles. The Labute approximate surface area is 175 Å². The highest BCUT2D eigenvalue weighted by Crippen LogP contribution is 2.30. The van der Waals surface area contributed by atoms with Crippen LogP contribution in [0.3, 0.4) is 0 Å². The Morgan fingerprint density at radius 3 is 2.69 bits per heavy atom. The van der Waals surface area contributed by atoms with Gasteiger partial charge in [-0.2, -0.15) is 4.68 Å². The van der Waals surface area contributed by atoms with E-state index in [2.05, 4.69) is 30.4 Å². The van der Waals surface area contributed by atoms with Crippen molar-refractivity contribution in [3.05, 3.63) is 46.4 Å². The Hall–Kier alpha value is -2.12. The third-order valence-corrected chi connectivity index (χ3v) is 5.96. The zero-order valence-electron chi connectivity index (χ0n) is 17.4. The van der Waals surface area contributed by atoms with Gasteiger partial charge in [-0.1, -0.05) is 36.4 Å². The van der Waals surface area contributed by atoms with Crippen LogP contribution >= 0.6 is 11.8 Å². The number of fused-ring (bicyclic) bond motifs is 3. The number of hydrogen-bond acceptors (Lipinski definition) is 5. The number of benzene rings is 1. The van der Waals surface area contributed by atoms with Gasteiger partial charge in [-0.15, -0.1) is 5.10 Å². The molecule has 0 aliphatic carbocycles. The first-order valence-corrected chi connectivity index (χ1v) is 11.3. The predicted molar refractivity (Wildman–Crippen MR) is 116 cm³/mol. The summed E-state index contributed by atoms with van der Waals surface area (Å²) in [7, 11) is 0. The van der Waals surface area contributed by atoms with Crippen molar-refractivity contribution < 1.29 is 4.74 Å². The van der Waals surface area contributed by atoms with Crippen LogP contribution in [0.25, 0.3) is 17.1 Å². The monoisotopic (exact) mass is 412 g/mol. The Morgan fingerprint density at radius 1 is 1.14 bits per heavy atom. The smallest absolute Gasteiger partial charge is 0.284 e. The second kappa shape index (κ2) is 8.32. The number of nitrogens with zero attached hydrogens (tertiary/aromatic N) is 4. The number of para-hydroxylation sites is 1. The number of thioether (sulfide) groups is 1. The molecule has 0 N–H and O–H groups in total. The van der Waals surface area contributed by atoms with Gasteiger partial charge < -0.3 is 9.30 Å². The van der Waals surface area contributed by atoms with Crippen molar-refractivity contribution in [3.63, 3.8) is 0 Å². The first kappa shape index (κ1) is 20.2. The molecule has 0 bridgehead atoms. The molecule has 0 radical (unpaired) electrons. The van der Waals surface area contributed by atoms with Crippen LogP contribution < -0.4 is 5.56 Å². The molecule has 0 spiro atoms. The fourth-order valence-corrected chi connectivity index (χ4v) is 4.55. The third kappa shape index (κ3) is 4.41. The second-order valence-electron chi connectivity index (χ2n) is 8.36. The molecule has 4 rings (SSSR count). The molecule has 3 aliphatic heterocycles. The first-order valence-electron chi connectivity index (χ1n) is 10.3. The normalized spacial score (nSPS) is 14.7. The summed E-state index contributed by atoms with van der Waals surface area (Å²) < 4.78 is 9.59. The second-order valence-corrected chi connectivity index (χ2v) is 9.43. The molecule has 7 heteroatoms. The molecular formula is C22H28N4O2S. The summed E-state index contributed by atoms with van der Waals surface area (Å²) in [5.74, 6) is 1.37. The fraction of sp³-hybridized carbons (Fsp3) is 0.500. The van der Waals surface area contributed by atoms with Gasteiger partial charge in [-0.05, 0) is 52.2 Å². The molecule has 1 aromatic carbocycles. The lowest BCUT2D eigenvalue weighted by atomic mass is 10.1. The van der Waals surface area contributed by atoms with Gasteiger partial charge in [0.15, 0.2) is 11.0 Å². The van der Waals surface area contributed by atoms with Crippen LogP contribution in [0.2, 0.25) is 0 Å². The Kier molecular flexibility index (Phi) is 5.79. The quantitative estimate of drug-likeness (QED) is 0.358. The summed E-state index contributed by atoms with van der Waals surface area (Å²) in [5.41, 5.74) is 2.31. The van der Waals surface area contributed by atoms with Gasteiger partial charge in [-0.25, -0.2) is 4.98 Å². The van der Waals surface area contributed by atoms with E-state index in [-0.39, 0.29) is 11.2 Å². The number of aromatic nitrogens is 4. The summed E-state index contributed by atoms with van der Waals surface area (Å²) in [6, 6.07) is 9.57. The van der Waals surface area contributed by atoms with Gasteiger partial charge in [0, 0.05) is 18.0 Å². The van der Waals surface area contributed by atoms with Gasteiger partial charge in [0.05, 0.1) is 17.9 Å². The highest BCUT2D eigenvalue weighted by Gasteiger charge is 2.27. The standard InChI is InChI=1S/C22H28N4O2S/c1-22(2,3)28-14-15-29-21-23-19-18(17-12-8-5-9-13-25(17)21)20(27)26(24-19)16-10-6-4-7-11-16/h4,6-7,10-11H,5,8-9,12-15H2,1-3H3. The lowest BCUT2D eigenvalue weighted by Crippen LogP contribution is -2.21. The van der Waals surface area contributed by atoms with E-state index in [1.54, 1.807) is 11.8 Å². The minimum absolute atomic E-state index is 0.0723. The van der Waals surface area contributed by atoms with Crippen molar-refractivity contribution in [1.29, 1.82) is 0 Å². The van der Waals surface area contributed by atoms with Crippen LogP contribution in [0.4, 0.5) is 0 Å². The molecule has 154 valence electrons. The van der Waals surface area contributed by atoms with Crippen molar-refractivity contribution in [2.45, 2.75) is 63.8 Å². The van der Waals surface area contributed by atoms with Crippen LogP contribution in [0.5, 0.6) is 0 Å². The molecule has 0 saturated carbocycles. The van der Waals surface area contributed by atoms with Crippen LogP contribution in [0.1, 0.15) is 45.7 Å². The summed E-state index contributed by atoms with van der Waals surface area (Å²) in [6.45, 7) is 7.75. The van der Waals surface area contributed by atoms with E-state index in [4.69, 9.17) is 9.72 Å². The van der Waals surface area contributed by atoms with E-state index in [9.17, 15) is 4.79 Å². The third-order valence-electron chi connectivity index (χ3n) is 5.02. The molecular weight excluding hydrogens is 384 g/mol. The number of rotatable bonds is 5. The Morgan fingerprint density at radius 2 is 1.93 bits per heavy atom. The molecule has 0 fully saturated rings. The van der Waals surface area contributed by atoms with Crippen LogP contribution in [0, 0.1) is 0 Å². The van der Waals surface area contributed by atoms with E-state index >= 15 is 0 Å². The highest BCUT2D eigenvalue weighted by molar-refractivity contribution is 7.99. The first-order chi connectivity index (χ1) is 13.9. The van der Waals surface area contributed by atoms with Crippen molar-refractivity contribution in [2.24, 2.45) is 0 Å². The van der Waals surface area contributed by atoms with Crippen LogP contribution in [-0.4, -0.2) is 37.3 Å². The SMILES string of the molecule is CC(C)(C)OCCSc1nc2nn(-c3ccccc3)c(=O)c-2c2n1CCCCC2. The lowest BCUT2D eigenvalue weighted by molar-refractivity contribution is 0.00692. The summed E-state index contributed by atoms with van der Waals surface area (Å²) in [4.78, 5) is 18.0. The summed E-state index contributed by atoms with van der Waals surface area (Å²) in [5, 5.41) is 5.52. The van der Waals surface area contributed by atoms with Gasteiger partial charge in [0.1, 0.15) is 5.56 Å². The van der Waals surface area contributed by atoms with Gasteiger partial charge in [0.2, 0.25) is 0 Å². The van der Waals surface area contributed by atoms with E-state index in [1.807, 2.05) is 30.3 Å².